The quantitative estimate of drug-likeness (QED) is 0.673. The van der Waals surface area contributed by atoms with E-state index in [2.05, 4.69) is 4.90 Å². The molecule has 0 N–H and O–H groups in total. The number of carbonyl (C=O) groups is 1. The van der Waals surface area contributed by atoms with Crippen molar-refractivity contribution in [3.63, 3.8) is 0 Å². The van der Waals surface area contributed by atoms with E-state index in [9.17, 15) is 17.6 Å². The Bertz CT molecular complexity index is 998. The molecule has 2 aliphatic heterocycles. The van der Waals surface area contributed by atoms with Crippen molar-refractivity contribution in [1.29, 1.82) is 0 Å². The maximum atomic E-state index is 14.7. The van der Waals surface area contributed by atoms with Crippen LogP contribution in [0.15, 0.2) is 54.6 Å². The van der Waals surface area contributed by atoms with Gasteiger partial charge in [-0.05, 0) is 31.9 Å². The highest BCUT2D eigenvalue weighted by molar-refractivity contribution is 7.90. The number of anilines is 1. The lowest BCUT2D eigenvalue weighted by molar-refractivity contribution is -0.129. The van der Waals surface area contributed by atoms with Gasteiger partial charge in [0.05, 0.1) is 5.25 Å². The molecule has 2 aliphatic rings. The van der Waals surface area contributed by atoms with Gasteiger partial charge in [0.25, 0.3) is 0 Å². The van der Waals surface area contributed by atoms with Gasteiger partial charge in [-0.2, -0.15) is 4.31 Å². The third-order valence-electron chi connectivity index (χ3n) is 6.42. The highest BCUT2D eigenvalue weighted by atomic mass is 32.2. The summed E-state index contributed by atoms with van der Waals surface area (Å²) < 4.78 is 41.4. The van der Waals surface area contributed by atoms with Crippen LogP contribution in [-0.4, -0.2) is 61.0 Å². The SMILES string of the molecule is CCC1C[C@H](C)N(Cc2ccc(N3CCN(C(C)=O)CC3)cc2F)S1(=O)=O.c1ccccc1. The Morgan fingerprint density at radius 1 is 1.03 bits per heavy atom. The molecule has 0 radical (unpaired) electrons. The van der Waals surface area contributed by atoms with Crippen LogP contribution in [0.25, 0.3) is 0 Å². The van der Waals surface area contributed by atoms with E-state index in [0.717, 1.165) is 5.69 Å². The Balaban J connectivity index is 0.000000442. The molecule has 0 spiro atoms. The predicted octanol–water partition coefficient (Wildman–Crippen LogP) is 3.88. The molecule has 0 saturated carbocycles. The third-order valence-corrected chi connectivity index (χ3v) is 8.93. The summed E-state index contributed by atoms with van der Waals surface area (Å²) in [5, 5.41) is -0.368. The molecule has 1 unspecified atom stereocenters. The van der Waals surface area contributed by atoms with Gasteiger partial charge in [0.15, 0.2) is 0 Å². The number of sulfonamides is 1. The normalized spacial score (nSPS) is 22.5. The van der Waals surface area contributed by atoms with E-state index < -0.39 is 10.0 Å². The number of nitrogens with zero attached hydrogens (tertiary/aromatic N) is 3. The molecule has 6 nitrogen and oxygen atoms in total. The average Bonchev–Trinajstić information content (AvgIpc) is 3.04. The van der Waals surface area contributed by atoms with Crippen molar-refractivity contribution in [3.05, 3.63) is 66.0 Å². The number of hydrogen-bond acceptors (Lipinski definition) is 4. The molecule has 8 heteroatoms. The molecule has 0 aromatic heterocycles. The van der Waals surface area contributed by atoms with Crippen LogP contribution in [0.1, 0.15) is 39.2 Å². The van der Waals surface area contributed by atoms with Gasteiger partial charge >= 0.3 is 0 Å². The van der Waals surface area contributed by atoms with Crippen LogP contribution in [0, 0.1) is 5.82 Å². The molecule has 2 fully saturated rings. The number of amides is 1. The summed E-state index contributed by atoms with van der Waals surface area (Å²) in [6.45, 7) is 7.96. The fraction of sp³-hybridized carbons (Fsp3) is 0.480. The minimum absolute atomic E-state index is 0.0579. The first kappa shape index (κ1) is 25.2. The minimum atomic E-state index is -3.37. The van der Waals surface area contributed by atoms with Crippen LogP contribution in [0.4, 0.5) is 10.1 Å². The zero-order valence-electron chi connectivity index (χ0n) is 19.7. The van der Waals surface area contributed by atoms with Crippen LogP contribution in [-0.2, 0) is 21.4 Å². The number of carbonyl (C=O) groups excluding carboxylic acids is 1. The summed E-state index contributed by atoms with van der Waals surface area (Å²) in [5.41, 5.74) is 1.16. The van der Waals surface area contributed by atoms with Crippen molar-refractivity contribution in [2.45, 2.75) is 51.4 Å². The molecule has 1 amide bonds. The number of rotatable bonds is 4. The molecule has 0 aliphatic carbocycles. The van der Waals surface area contributed by atoms with Crippen molar-refractivity contribution >= 4 is 21.6 Å². The lowest BCUT2D eigenvalue weighted by atomic mass is 10.1. The summed E-state index contributed by atoms with van der Waals surface area (Å²) >= 11 is 0. The monoisotopic (exact) mass is 475 g/mol. The van der Waals surface area contributed by atoms with Crippen LogP contribution in [0.3, 0.4) is 0 Å². The molecule has 180 valence electrons. The van der Waals surface area contributed by atoms with Crippen LogP contribution in [0.2, 0.25) is 0 Å². The Kier molecular flexibility index (Phi) is 8.48. The van der Waals surface area contributed by atoms with Crippen LogP contribution < -0.4 is 4.90 Å². The topological polar surface area (TPSA) is 60.9 Å². The van der Waals surface area contributed by atoms with E-state index in [0.29, 0.717) is 44.6 Å². The number of benzene rings is 2. The first-order chi connectivity index (χ1) is 15.7. The fourth-order valence-electron chi connectivity index (χ4n) is 4.38. The van der Waals surface area contributed by atoms with Gasteiger partial charge < -0.3 is 9.80 Å². The fourth-order valence-corrected chi connectivity index (χ4v) is 6.61. The lowest BCUT2D eigenvalue weighted by Gasteiger charge is -2.35. The summed E-state index contributed by atoms with van der Waals surface area (Å²) in [4.78, 5) is 15.3. The summed E-state index contributed by atoms with van der Waals surface area (Å²) in [7, 11) is -3.37. The molecular formula is C25H34FN3O3S. The van der Waals surface area contributed by atoms with Crippen LogP contribution >= 0.6 is 0 Å². The number of piperazine rings is 1. The van der Waals surface area contributed by atoms with Crippen molar-refractivity contribution in [2.24, 2.45) is 0 Å². The molecule has 2 aromatic rings. The Labute approximate surface area is 197 Å². The van der Waals surface area contributed by atoms with E-state index in [1.165, 1.54) is 10.4 Å². The Morgan fingerprint density at radius 3 is 2.06 bits per heavy atom. The van der Waals surface area contributed by atoms with Crippen molar-refractivity contribution in [2.75, 3.05) is 31.1 Å². The van der Waals surface area contributed by atoms with E-state index in [4.69, 9.17) is 0 Å². The van der Waals surface area contributed by atoms with E-state index in [-0.39, 0.29) is 29.6 Å². The smallest absolute Gasteiger partial charge is 0.219 e. The van der Waals surface area contributed by atoms with E-state index in [1.807, 2.05) is 56.3 Å². The largest absolute Gasteiger partial charge is 0.368 e. The van der Waals surface area contributed by atoms with Gasteiger partial charge in [0, 0.05) is 56.9 Å². The third kappa shape index (κ3) is 6.12. The molecule has 2 atom stereocenters. The first-order valence-electron chi connectivity index (χ1n) is 11.5. The van der Waals surface area contributed by atoms with Gasteiger partial charge in [-0.3, -0.25) is 4.79 Å². The summed E-state index contributed by atoms with van der Waals surface area (Å²) in [6.07, 6.45) is 1.18. The second kappa shape index (κ2) is 11.1. The standard InChI is InChI=1S/C19H28FN3O3S.C6H6/c1-4-18-11-14(2)23(27(18,25)26)13-16-5-6-17(12-19(16)20)22-9-7-21(8-10-22)15(3)24;1-2-4-6-5-3-1/h5-6,12,14,18H,4,7-11,13H2,1-3H3;1-6H/t14-,18?;/m0./s1. The zero-order valence-corrected chi connectivity index (χ0v) is 20.5. The second-order valence-corrected chi connectivity index (χ2v) is 10.8. The van der Waals surface area contributed by atoms with Gasteiger partial charge in [-0.1, -0.05) is 49.4 Å². The predicted molar refractivity (Wildman–Crippen MR) is 130 cm³/mol. The highest BCUT2D eigenvalue weighted by Gasteiger charge is 2.42. The molecule has 0 bridgehead atoms. The molecule has 2 heterocycles. The van der Waals surface area contributed by atoms with E-state index >= 15 is 0 Å². The summed E-state index contributed by atoms with van der Waals surface area (Å²) in [6, 6.07) is 16.9. The number of hydrogen-bond donors (Lipinski definition) is 0. The minimum Gasteiger partial charge on any atom is -0.368 e. The molecular weight excluding hydrogens is 441 g/mol. The molecule has 2 saturated heterocycles. The zero-order chi connectivity index (χ0) is 24.0. The van der Waals surface area contributed by atoms with Crippen LogP contribution in [0.5, 0.6) is 0 Å². The first-order valence-corrected chi connectivity index (χ1v) is 13.0. The average molecular weight is 476 g/mol. The maximum absolute atomic E-state index is 14.7. The van der Waals surface area contributed by atoms with Gasteiger partial charge in [0.2, 0.25) is 15.9 Å². The second-order valence-electron chi connectivity index (χ2n) is 8.63. The maximum Gasteiger partial charge on any atom is 0.219 e. The molecule has 2 aromatic carbocycles. The molecule has 33 heavy (non-hydrogen) atoms. The Hall–Kier alpha value is -2.45. The van der Waals surface area contributed by atoms with Crippen molar-refractivity contribution < 1.29 is 17.6 Å². The summed E-state index contributed by atoms with van der Waals surface area (Å²) in [5.74, 6) is -0.327. The van der Waals surface area contributed by atoms with E-state index in [1.54, 1.807) is 17.9 Å². The number of halogens is 1. The van der Waals surface area contributed by atoms with Gasteiger partial charge in [0.1, 0.15) is 5.82 Å². The van der Waals surface area contributed by atoms with Gasteiger partial charge in [-0.15, -0.1) is 0 Å². The van der Waals surface area contributed by atoms with Crippen molar-refractivity contribution in [1.82, 2.24) is 9.21 Å². The van der Waals surface area contributed by atoms with Crippen molar-refractivity contribution in [3.8, 4) is 0 Å². The highest BCUT2D eigenvalue weighted by Crippen LogP contribution is 2.32. The molecule has 4 rings (SSSR count). The lowest BCUT2D eigenvalue weighted by Crippen LogP contribution is -2.48. The van der Waals surface area contributed by atoms with Gasteiger partial charge in [-0.25, -0.2) is 12.8 Å². The Morgan fingerprint density at radius 2 is 1.61 bits per heavy atom.